The molecule has 23 heavy (non-hydrogen) atoms. The lowest BCUT2D eigenvalue weighted by Gasteiger charge is -2.30. The van der Waals surface area contributed by atoms with Crippen LogP contribution >= 0.6 is 0 Å². The van der Waals surface area contributed by atoms with Gasteiger partial charge in [0.25, 0.3) is 0 Å². The van der Waals surface area contributed by atoms with Crippen molar-refractivity contribution in [3.05, 3.63) is 0 Å². The van der Waals surface area contributed by atoms with Gasteiger partial charge in [-0.25, -0.2) is 0 Å². The van der Waals surface area contributed by atoms with E-state index in [0.29, 0.717) is 45.0 Å². The molecule has 0 spiro atoms. The minimum atomic E-state index is -0.763. The lowest BCUT2D eigenvalue weighted by atomic mass is 9.95. The van der Waals surface area contributed by atoms with Crippen LogP contribution < -0.4 is 10.6 Å². The van der Waals surface area contributed by atoms with Crippen molar-refractivity contribution in [1.29, 1.82) is 0 Å². The molecule has 1 atom stereocenters. The zero-order valence-electron chi connectivity index (χ0n) is 14.3. The number of aliphatic imine (C=N–C) groups is 1. The summed E-state index contributed by atoms with van der Waals surface area (Å²) in [6, 6.07) is 0.215. The van der Waals surface area contributed by atoms with Gasteiger partial charge in [0.05, 0.1) is 12.1 Å². The number of aliphatic hydroxyl groups is 1. The number of nitrogens with zero attached hydrogens (tertiary/aromatic N) is 2. The van der Waals surface area contributed by atoms with Crippen LogP contribution in [0.2, 0.25) is 0 Å². The molecule has 132 valence electrons. The number of nitrogens with one attached hydrogen (secondary N) is 2. The Balaban J connectivity index is 1.88. The molecule has 0 aromatic heterocycles. The van der Waals surface area contributed by atoms with Crippen molar-refractivity contribution in [1.82, 2.24) is 15.5 Å². The predicted octanol–water partition coefficient (Wildman–Crippen LogP) is 0.0939. The summed E-state index contributed by atoms with van der Waals surface area (Å²) in [5, 5.41) is 17.1. The molecule has 2 rings (SSSR count). The maximum absolute atomic E-state index is 11.8. The van der Waals surface area contributed by atoms with Crippen LogP contribution in [0, 0.1) is 0 Å². The van der Waals surface area contributed by atoms with Crippen LogP contribution in [0.5, 0.6) is 0 Å². The Kier molecular flexibility index (Phi) is 6.65. The summed E-state index contributed by atoms with van der Waals surface area (Å²) in [5.41, 5.74) is -0.763. The van der Waals surface area contributed by atoms with Gasteiger partial charge in [-0.1, -0.05) is 6.92 Å². The molecule has 2 saturated heterocycles. The fourth-order valence-electron chi connectivity index (χ4n) is 2.98. The summed E-state index contributed by atoms with van der Waals surface area (Å²) in [4.78, 5) is 18.2. The average molecular weight is 326 g/mol. The second-order valence-corrected chi connectivity index (χ2v) is 6.36. The molecule has 2 heterocycles. The van der Waals surface area contributed by atoms with Gasteiger partial charge in [0.2, 0.25) is 5.91 Å². The fourth-order valence-corrected chi connectivity index (χ4v) is 2.98. The maximum atomic E-state index is 11.8. The van der Waals surface area contributed by atoms with Crippen LogP contribution in [0.3, 0.4) is 0 Å². The number of carbonyl (C=O) groups excluding carboxylic acids is 1. The predicted molar refractivity (Wildman–Crippen MR) is 89.4 cm³/mol. The van der Waals surface area contributed by atoms with E-state index in [1.807, 2.05) is 18.7 Å². The summed E-state index contributed by atoms with van der Waals surface area (Å²) in [7, 11) is 0. The smallest absolute Gasteiger partial charge is 0.222 e. The molecular weight excluding hydrogens is 296 g/mol. The summed E-state index contributed by atoms with van der Waals surface area (Å²) in [5.74, 6) is 0.913. The Morgan fingerprint density at radius 2 is 2.13 bits per heavy atom. The summed E-state index contributed by atoms with van der Waals surface area (Å²) >= 11 is 0. The van der Waals surface area contributed by atoms with Gasteiger partial charge in [0.1, 0.15) is 0 Å². The molecule has 3 N–H and O–H groups in total. The fraction of sp³-hybridized carbons (Fsp3) is 0.875. The van der Waals surface area contributed by atoms with E-state index in [1.165, 1.54) is 0 Å². The Bertz CT molecular complexity index is 422. The number of amides is 1. The van der Waals surface area contributed by atoms with Crippen molar-refractivity contribution < 1.29 is 14.6 Å². The Hall–Kier alpha value is -1.34. The van der Waals surface area contributed by atoms with E-state index >= 15 is 0 Å². The Morgan fingerprint density at radius 3 is 2.78 bits per heavy atom. The van der Waals surface area contributed by atoms with E-state index in [9.17, 15) is 9.90 Å². The number of hydrogen-bond donors (Lipinski definition) is 3. The van der Waals surface area contributed by atoms with Gasteiger partial charge in [-0.15, -0.1) is 0 Å². The average Bonchev–Trinajstić information content (AvgIpc) is 3.01. The number of guanidine groups is 1. The molecular formula is C16H30N4O3. The molecule has 7 heteroatoms. The second kappa shape index (κ2) is 8.49. The molecule has 0 bridgehead atoms. The van der Waals surface area contributed by atoms with Crippen molar-refractivity contribution in [3.8, 4) is 0 Å². The minimum Gasteiger partial charge on any atom is -0.388 e. The van der Waals surface area contributed by atoms with E-state index in [4.69, 9.17) is 4.74 Å². The number of ether oxygens (including phenoxy) is 1. The van der Waals surface area contributed by atoms with Crippen LogP contribution in [0.15, 0.2) is 4.99 Å². The summed E-state index contributed by atoms with van der Waals surface area (Å²) < 4.78 is 5.29. The molecule has 1 unspecified atom stereocenters. The largest absolute Gasteiger partial charge is 0.388 e. The van der Waals surface area contributed by atoms with Crippen molar-refractivity contribution in [3.63, 3.8) is 0 Å². The van der Waals surface area contributed by atoms with Crippen LogP contribution in [0.25, 0.3) is 0 Å². The van der Waals surface area contributed by atoms with Crippen LogP contribution in [-0.2, 0) is 9.53 Å². The van der Waals surface area contributed by atoms with Gasteiger partial charge >= 0.3 is 0 Å². The molecule has 7 nitrogen and oxygen atoms in total. The van der Waals surface area contributed by atoms with Gasteiger partial charge in [0, 0.05) is 58.2 Å². The summed E-state index contributed by atoms with van der Waals surface area (Å²) in [6.07, 6.45) is 2.72. The third-order valence-electron chi connectivity index (χ3n) is 4.48. The number of likely N-dealkylation sites (tertiary alicyclic amines) is 1. The SMILES string of the molecule is CCNC(=NCC1(O)CCOCC1)NC1CCN(C(=O)CC)C1. The first-order valence-electron chi connectivity index (χ1n) is 8.69. The lowest BCUT2D eigenvalue weighted by Crippen LogP contribution is -2.46. The molecule has 2 aliphatic rings. The monoisotopic (exact) mass is 326 g/mol. The standard InChI is InChI=1S/C16H30N4O3/c1-3-14(21)20-8-5-13(11-20)19-15(17-4-2)18-12-16(22)6-9-23-10-7-16/h13,22H,3-12H2,1-2H3,(H2,17,18,19). The number of hydrogen-bond acceptors (Lipinski definition) is 4. The van der Waals surface area contributed by atoms with Crippen molar-refractivity contribution in [2.24, 2.45) is 4.99 Å². The Morgan fingerprint density at radius 1 is 1.39 bits per heavy atom. The molecule has 0 aromatic rings. The zero-order valence-corrected chi connectivity index (χ0v) is 14.3. The zero-order chi connectivity index (χ0) is 16.7. The molecule has 1 amide bonds. The molecule has 2 aliphatic heterocycles. The van der Waals surface area contributed by atoms with E-state index in [0.717, 1.165) is 26.1 Å². The van der Waals surface area contributed by atoms with E-state index in [2.05, 4.69) is 15.6 Å². The topological polar surface area (TPSA) is 86.2 Å². The number of carbonyl (C=O) groups is 1. The molecule has 0 radical (unpaired) electrons. The summed E-state index contributed by atoms with van der Waals surface area (Å²) in [6.45, 7) is 7.73. The molecule has 2 fully saturated rings. The van der Waals surface area contributed by atoms with Gasteiger partial charge < -0.3 is 25.4 Å². The normalized spacial score (nSPS) is 24.6. The molecule has 0 aromatic carbocycles. The van der Waals surface area contributed by atoms with Crippen molar-refractivity contribution >= 4 is 11.9 Å². The third-order valence-corrected chi connectivity index (χ3v) is 4.48. The van der Waals surface area contributed by atoms with E-state index in [1.54, 1.807) is 0 Å². The third kappa shape index (κ3) is 5.35. The van der Waals surface area contributed by atoms with Crippen LogP contribution in [0.4, 0.5) is 0 Å². The highest BCUT2D eigenvalue weighted by molar-refractivity contribution is 5.80. The highest BCUT2D eigenvalue weighted by Crippen LogP contribution is 2.20. The minimum absolute atomic E-state index is 0.202. The quantitative estimate of drug-likeness (QED) is 0.493. The van der Waals surface area contributed by atoms with Gasteiger partial charge in [-0.3, -0.25) is 9.79 Å². The maximum Gasteiger partial charge on any atom is 0.222 e. The van der Waals surface area contributed by atoms with E-state index in [-0.39, 0.29) is 11.9 Å². The number of rotatable bonds is 5. The van der Waals surface area contributed by atoms with Gasteiger partial charge in [0.15, 0.2) is 5.96 Å². The van der Waals surface area contributed by atoms with Crippen molar-refractivity contribution in [2.45, 2.75) is 51.2 Å². The molecule has 0 saturated carbocycles. The first kappa shape index (κ1) is 18.0. The van der Waals surface area contributed by atoms with Crippen LogP contribution in [-0.4, -0.2) is 72.9 Å². The second-order valence-electron chi connectivity index (χ2n) is 6.36. The lowest BCUT2D eigenvalue weighted by molar-refractivity contribution is -0.129. The Labute approximate surface area is 138 Å². The van der Waals surface area contributed by atoms with Crippen molar-refractivity contribution in [2.75, 3.05) is 39.4 Å². The van der Waals surface area contributed by atoms with Gasteiger partial charge in [-0.2, -0.15) is 0 Å². The van der Waals surface area contributed by atoms with Crippen LogP contribution in [0.1, 0.15) is 39.5 Å². The highest BCUT2D eigenvalue weighted by atomic mass is 16.5. The first-order valence-corrected chi connectivity index (χ1v) is 8.69. The van der Waals surface area contributed by atoms with E-state index < -0.39 is 5.60 Å². The van der Waals surface area contributed by atoms with Gasteiger partial charge in [-0.05, 0) is 13.3 Å². The highest BCUT2D eigenvalue weighted by Gasteiger charge is 2.30. The first-order chi connectivity index (χ1) is 11.1. The molecule has 0 aliphatic carbocycles.